The van der Waals surface area contributed by atoms with E-state index in [1.54, 1.807) is 11.9 Å². The molecule has 0 saturated heterocycles. The number of unbranched alkanes of at least 4 members (excludes halogenated alkanes) is 1. The number of nitrogens with two attached hydrogens (primary N) is 1. The van der Waals surface area contributed by atoms with Gasteiger partial charge in [-0.05, 0) is 56.3 Å². The van der Waals surface area contributed by atoms with E-state index >= 15 is 0 Å². The van der Waals surface area contributed by atoms with Crippen molar-refractivity contribution in [1.82, 2.24) is 4.31 Å². The minimum atomic E-state index is -0.753. The molecule has 5 heteroatoms. The molecule has 1 atom stereocenters. The molecule has 0 aromatic heterocycles. The van der Waals surface area contributed by atoms with Crippen LogP contribution < -0.4 is 5.73 Å². The number of benzene rings is 1. The monoisotopic (exact) mass is 324 g/mol. The molecule has 0 aliphatic carbocycles. The molecule has 0 saturated carbocycles. The Morgan fingerprint density at radius 3 is 2.41 bits per heavy atom. The Morgan fingerprint density at radius 2 is 1.91 bits per heavy atom. The van der Waals surface area contributed by atoms with Gasteiger partial charge in [-0.1, -0.05) is 38.0 Å². The van der Waals surface area contributed by atoms with Crippen molar-refractivity contribution in [2.24, 2.45) is 11.7 Å². The number of nitrogens with zero attached hydrogens (tertiary/aromatic N) is 1. The van der Waals surface area contributed by atoms with Crippen molar-refractivity contribution < 1.29 is 9.90 Å². The van der Waals surface area contributed by atoms with Crippen molar-refractivity contribution in [2.75, 3.05) is 13.1 Å². The van der Waals surface area contributed by atoms with Crippen molar-refractivity contribution in [3.8, 4) is 0 Å². The van der Waals surface area contributed by atoms with E-state index in [0.29, 0.717) is 18.9 Å². The lowest BCUT2D eigenvalue weighted by atomic mass is 10.1. The van der Waals surface area contributed by atoms with Gasteiger partial charge in [0.25, 0.3) is 0 Å². The summed E-state index contributed by atoms with van der Waals surface area (Å²) in [6.07, 6.45) is 2.35. The third-order valence-corrected chi connectivity index (χ3v) is 4.47. The summed E-state index contributed by atoms with van der Waals surface area (Å²) < 4.78 is 2.01. The number of hydrogen-bond acceptors (Lipinski definition) is 4. The van der Waals surface area contributed by atoms with Crippen LogP contribution in [-0.4, -0.2) is 34.5 Å². The Labute approximate surface area is 138 Å². The van der Waals surface area contributed by atoms with Crippen LogP contribution in [0, 0.1) is 12.8 Å². The summed E-state index contributed by atoms with van der Waals surface area (Å²) in [4.78, 5) is 12.8. The Hall–Kier alpha value is -1.04. The number of carboxylic acid groups (broad SMARTS) is 1. The van der Waals surface area contributed by atoms with Crippen LogP contribution in [0.15, 0.2) is 29.2 Å². The minimum Gasteiger partial charge on any atom is -0.480 e. The summed E-state index contributed by atoms with van der Waals surface area (Å²) >= 11 is 1.54. The van der Waals surface area contributed by atoms with Crippen molar-refractivity contribution in [1.29, 1.82) is 0 Å². The molecule has 0 bridgehead atoms. The first kappa shape index (κ1) is 19.0. The molecule has 22 heavy (non-hydrogen) atoms. The zero-order valence-corrected chi connectivity index (χ0v) is 14.6. The maximum Gasteiger partial charge on any atom is 0.321 e. The van der Waals surface area contributed by atoms with Crippen molar-refractivity contribution in [3.63, 3.8) is 0 Å². The van der Waals surface area contributed by atoms with Crippen LogP contribution >= 0.6 is 11.9 Å². The van der Waals surface area contributed by atoms with Gasteiger partial charge in [-0.2, -0.15) is 0 Å². The molecule has 3 N–H and O–H groups in total. The van der Waals surface area contributed by atoms with E-state index in [9.17, 15) is 9.90 Å². The van der Waals surface area contributed by atoms with Crippen molar-refractivity contribution in [2.45, 2.75) is 51.0 Å². The van der Waals surface area contributed by atoms with E-state index < -0.39 is 12.0 Å². The summed E-state index contributed by atoms with van der Waals surface area (Å²) in [6, 6.07) is 7.73. The average molecular weight is 324 g/mol. The van der Waals surface area contributed by atoms with Gasteiger partial charge in [0.2, 0.25) is 0 Å². The minimum absolute atomic E-state index is 0.411. The quantitative estimate of drug-likeness (QED) is 0.509. The van der Waals surface area contributed by atoms with E-state index in [-0.39, 0.29) is 0 Å². The van der Waals surface area contributed by atoms with Gasteiger partial charge in [-0.15, -0.1) is 0 Å². The Kier molecular flexibility index (Phi) is 8.53. The van der Waals surface area contributed by atoms with Crippen LogP contribution in [0.3, 0.4) is 0 Å². The molecular formula is C17H28N2O2S. The fourth-order valence-corrected chi connectivity index (χ4v) is 3.42. The van der Waals surface area contributed by atoms with E-state index in [2.05, 4.69) is 26.0 Å². The molecular weight excluding hydrogens is 296 g/mol. The first-order valence-corrected chi connectivity index (χ1v) is 8.65. The molecule has 0 spiro atoms. The lowest BCUT2D eigenvalue weighted by Crippen LogP contribution is -2.38. The van der Waals surface area contributed by atoms with Gasteiger partial charge in [0.1, 0.15) is 6.04 Å². The highest BCUT2D eigenvalue weighted by Crippen LogP contribution is 2.28. The van der Waals surface area contributed by atoms with Crippen LogP contribution in [0.5, 0.6) is 0 Å². The molecule has 1 aromatic rings. The molecule has 1 aromatic carbocycles. The van der Waals surface area contributed by atoms with Gasteiger partial charge in [0, 0.05) is 11.4 Å². The van der Waals surface area contributed by atoms with Gasteiger partial charge >= 0.3 is 5.97 Å². The number of aliphatic carboxylic acids is 1. The zero-order valence-electron chi connectivity index (χ0n) is 13.8. The standard InChI is InChI=1S/C17H28N2O2S/c1-13(2)12-19(16(17(20)21)6-4-5-11-18)22-15-9-7-14(3)8-10-15/h7-10,13,16H,4-6,11-12,18H2,1-3H3,(H,20,21)/t16-/m0/s1. The molecule has 0 aliphatic heterocycles. The van der Waals surface area contributed by atoms with E-state index in [0.717, 1.165) is 24.3 Å². The maximum absolute atomic E-state index is 11.7. The number of carboxylic acids is 1. The van der Waals surface area contributed by atoms with Gasteiger partial charge in [0.05, 0.1) is 0 Å². The molecule has 0 fully saturated rings. The summed E-state index contributed by atoms with van der Waals surface area (Å²) in [6.45, 7) is 7.63. The Balaban J connectivity index is 2.82. The molecule has 0 amide bonds. The number of rotatable bonds is 10. The predicted octanol–water partition coefficient (Wildman–Crippen LogP) is 3.54. The highest BCUT2D eigenvalue weighted by atomic mass is 32.2. The zero-order chi connectivity index (χ0) is 16.5. The van der Waals surface area contributed by atoms with Gasteiger partial charge < -0.3 is 10.8 Å². The second kappa shape index (κ2) is 9.87. The maximum atomic E-state index is 11.7. The topological polar surface area (TPSA) is 66.6 Å². The lowest BCUT2D eigenvalue weighted by Gasteiger charge is -2.29. The molecule has 0 heterocycles. The highest BCUT2D eigenvalue weighted by Gasteiger charge is 2.26. The fourth-order valence-electron chi connectivity index (χ4n) is 2.20. The smallest absolute Gasteiger partial charge is 0.321 e. The molecule has 0 aliphatic rings. The number of carbonyl (C=O) groups is 1. The van der Waals surface area contributed by atoms with Crippen molar-refractivity contribution >= 4 is 17.9 Å². The van der Waals surface area contributed by atoms with E-state index in [4.69, 9.17) is 5.73 Å². The average Bonchev–Trinajstić information content (AvgIpc) is 2.44. The normalized spacial score (nSPS) is 12.8. The second-order valence-corrected chi connectivity index (χ2v) is 7.16. The SMILES string of the molecule is Cc1ccc(SN(CC(C)C)[C@@H](CCCCN)C(=O)O)cc1. The summed E-state index contributed by atoms with van der Waals surface area (Å²) in [5.41, 5.74) is 6.73. The number of aryl methyl sites for hydroxylation is 1. The summed E-state index contributed by atoms with van der Waals surface area (Å²) in [5, 5.41) is 9.59. The van der Waals surface area contributed by atoms with Crippen LogP contribution in [0.2, 0.25) is 0 Å². The van der Waals surface area contributed by atoms with Crippen LogP contribution in [0.25, 0.3) is 0 Å². The number of hydrogen-bond donors (Lipinski definition) is 2. The Morgan fingerprint density at radius 1 is 1.27 bits per heavy atom. The van der Waals surface area contributed by atoms with Gasteiger partial charge in [0.15, 0.2) is 0 Å². The van der Waals surface area contributed by atoms with Gasteiger partial charge in [-0.3, -0.25) is 4.79 Å². The molecule has 0 unspecified atom stereocenters. The highest BCUT2D eigenvalue weighted by molar-refractivity contribution is 7.97. The third kappa shape index (κ3) is 6.81. The van der Waals surface area contributed by atoms with E-state index in [1.165, 1.54) is 5.56 Å². The first-order valence-electron chi connectivity index (χ1n) is 7.88. The Bertz CT molecular complexity index is 448. The molecule has 0 radical (unpaired) electrons. The van der Waals surface area contributed by atoms with E-state index in [1.807, 2.05) is 23.4 Å². The second-order valence-electron chi connectivity index (χ2n) is 6.04. The van der Waals surface area contributed by atoms with Gasteiger partial charge in [-0.25, -0.2) is 4.31 Å². The van der Waals surface area contributed by atoms with Crippen LogP contribution in [-0.2, 0) is 4.79 Å². The summed E-state index contributed by atoms with van der Waals surface area (Å²) in [7, 11) is 0. The lowest BCUT2D eigenvalue weighted by molar-refractivity contribution is -0.141. The fraction of sp³-hybridized carbons (Fsp3) is 0.588. The largest absolute Gasteiger partial charge is 0.480 e. The third-order valence-electron chi connectivity index (χ3n) is 3.35. The molecule has 4 nitrogen and oxygen atoms in total. The predicted molar refractivity (Wildman–Crippen MR) is 92.9 cm³/mol. The van der Waals surface area contributed by atoms with Crippen LogP contribution in [0.1, 0.15) is 38.7 Å². The van der Waals surface area contributed by atoms with Crippen LogP contribution in [0.4, 0.5) is 0 Å². The molecule has 1 rings (SSSR count). The molecule has 124 valence electrons. The van der Waals surface area contributed by atoms with Crippen molar-refractivity contribution in [3.05, 3.63) is 29.8 Å². The summed E-state index contributed by atoms with van der Waals surface area (Å²) in [5.74, 6) is -0.341. The first-order chi connectivity index (χ1) is 10.4.